The minimum atomic E-state index is -1.40. The van der Waals surface area contributed by atoms with E-state index in [4.69, 9.17) is 4.74 Å². The molecule has 1 atom stereocenters. The zero-order chi connectivity index (χ0) is 25.1. The Balaban J connectivity index is 1.41. The second-order valence-corrected chi connectivity index (χ2v) is 9.81. The molecule has 0 radical (unpaired) electrons. The maximum atomic E-state index is 13.6. The molecule has 2 aromatic carbocycles. The zero-order valence-corrected chi connectivity index (χ0v) is 20.0. The lowest BCUT2D eigenvalue weighted by Gasteiger charge is -2.42. The number of β-amino-alcohol motifs (C(OH)–C–C–N with tert-alkyl or cyclic N) is 2. The van der Waals surface area contributed by atoms with Crippen LogP contribution in [-0.2, 0) is 4.79 Å². The average molecular weight is 490 g/mol. The van der Waals surface area contributed by atoms with Gasteiger partial charge in [-0.3, -0.25) is 9.69 Å². The van der Waals surface area contributed by atoms with Crippen molar-refractivity contribution in [3.63, 3.8) is 0 Å². The van der Waals surface area contributed by atoms with E-state index in [1.807, 2.05) is 11.0 Å². The fraction of sp³-hybridized carbons (Fsp3) is 0.500. The summed E-state index contributed by atoms with van der Waals surface area (Å²) in [5.41, 5.74) is -1.57. The molecule has 9 heteroatoms. The number of aliphatic hydroxyl groups is 2. The van der Waals surface area contributed by atoms with E-state index in [0.29, 0.717) is 51.3 Å². The summed E-state index contributed by atoms with van der Waals surface area (Å²) in [5.74, 6) is -0.582. The quantitative estimate of drug-likeness (QED) is 0.649. The predicted molar refractivity (Wildman–Crippen MR) is 128 cm³/mol. The molecule has 2 saturated heterocycles. The smallest absolute Gasteiger partial charge is 0.219 e. The molecule has 35 heavy (non-hydrogen) atoms. The van der Waals surface area contributed by atoms with Crippen molar-refractivity contribution in [1.29, 1.82) is 0 Å². The van der Waals surface area contributed by atoms with Crippen molar-refractivity contribution >= 4 is 11.6 Å². The molecule has 0 spiro atoms. The van der Waals surface area contributed by atoms with Gasteiger partial charge in [0.05, 0.1) is 12.1 Å². The van der Waals surface area contributed by atoms with E-state index in [2.05, 4.69) is 4.90 Å². The van der Waals surface area contributed by atoms with Crippen LogP contribution in [0.25, 0.3) is 0 Å². The number of halogens is 2. The van der Waals surface area contributed by atoms with Crippen LogP contribution < -0.4 is 9.64 Å². The second-order valence-electron chi connectivity index (χ2n) is 9.81. The standard InChI is InChI=1S/C26H33F2N3O4/c1-20(32)31-13-12-29(17-26(34,18-31)19-35-24-7-3-5-22(28)15-24)16-25(33)8-10-30(11-9-25)23-6-2-4-21(27)14-23/h2-7,14-15,33-34H,8-13,16-19H2,1H3/t26-/m1/s1. The van der Waals surface area contributed by atoms with Crippen LogP contribution in [0.5, 0.6) is 5.75 Å². The Bertz CT molecular complexity index is 1030. The van der Waals surface area contributed by atoms with Gasteiger partial charge in [-0.05, 0) is 43.2 Å². The van der Waals surface area contributed by atoms with Crippen molar-refractivity contribution in [3.8, 4) is 5.75 Å². The molecule has 4 rings (SSSR count). The second kappa shape index (κ2) is 10.5. The van der Waals surface area contributed by atoms with E-state index in [9.17, 15) is 23.8 Å². The highest BCUT2D eigenvalue weighted by Crippen LogP contribution is 2.29. The van der Waals surface area contributed by atoms with Crippen LogP contribution in [0.4, 0.5) is 14.5 Å². The summed E-state index contributed by atoms with van der Waals surface area (Å²) in [6.07, 6.45) is 0.989. The number of ether oxygens (including phenoxy) is 1. The largest absolute Gasteiger partial charge is 0.490 e. The van der Waals surface area contributed by atoms with Crippen LogP contribution in [-0.4, -0.2) is 89.5 Å². The predicted octanol–water partition coefficient (Wildman–Crippen LogP) is 2.27. The fourth-order valence-electron chi connectivity index (χ4n) is 4.94. The van der Waals surface area contributed by atoms with Crippen molar-refractivity contribution in [2.24, 2.45) is 0 Å². The number of rotatable bonds is 6. The first kappa shape index (κ1) is 25.3. The number of hydrogen-bond donors (Lipinski definition) is 2. The Labute approximate surface area is 204 Å². The zero-order valence-electron chi connectivity index (χ0n) is 20.0. The van der Waals surface area contributed by atoms with Crippen molar-refractivity contribution in [3.05, 3.63) is 60.2 Å². The van der Waals surface area contributed by atoms with Crippen LogP contribution in [0.2, 0.25) is 0 Å². The molecule has 2 aliphatic rings. The molecule has 0 aromatic heterocycles. The van der Waals surface area contributed by atoms with Gasteiger partial charge in [0.25, 0.3) is 0 Å². The van der Waals surface area contributed by atoms with Gasteiger partial charge in [-0.1, -0.05) is 12.1 Å². The number of anilines is 1. The molecule has 2 heterocycles. The molecular formula is C26H33F2N3O4. The third-order valence-corrected chi connectivity index (χ3v) is 6.82. The molecule has 190 valence electrons. The molecule has 0 unspecified atom stereocenters. The van der Waals surface area contributed by atoms with Gasteiger partial charge >= 0.3 is 0 Å². The molecule has 2 fully saturated rings. The van der Waals surface area contributed by atoms with Gasteiger partial charge in [0.1, 0.15) is 29.6 Å². The maximum Gasteiger partial charge on any atom is 0.219 e. The molecule has 2 aromatic rings. The van der Waals surface area contributed by atoms with E-state index >= 15 is 0 Å². The Hall–Kier alpha value is -2.75. The van der Waals surface area contributed by atoms with Crippen LogP contribution in [0.15, 0.2) is 48.5 Å². The highest BCUT2D eigenvalue weighted by atomic mass is 19.1. The normalized spacial score (nSPS) is 23.1. The highest BCUT2D eigenvalue weighted by Gasteiger charge is 2.41. The first-order valence-electron chi connectivity index (χ1n) is 11.9. The highest BCUT2D eigenvalue weighted by molar-refractivity contribution is 5.73. The molecule has 2 aliphatic heterocycles. The van der Waals surface area contributed by atoms with Gasteiger partial charge in [-0.15, -0.1) is 0 Å². The number of carbonyl (C=O) groups is 1. The van der Waals surface area contributed by atoms with Crippen molar-refractivity contribution < 1.29 is 28.5 Å². The third kappa shape index (κ3) is 6.68. The lowest BCUT2D eigenvalue weighted by molar-refractivity contribution is -0.132. The van der Waals surface area contributed by atoms with Gasteiger partial charge in [-0.2, -0.15) is 0 Å². The first-order valence-corrected chi connectivity index (χ1v) is 11.9. The Morgan fingerprint density at radius 2 is 1.63 bits per heavy atom. The van der Waals surface area contributed by atoms with Gasteiger partial charge in [-0.25, -0.2) is 8.78 Å². The number of benzene rings is 2. The van der Waals surface area contributed by atoms with Gasteiger partial charge in [0.15, 0.2) is 0 Å². The molecular weight excluding hydrogens is 456 g/mol. The van der Waals surface area contributed by atoms with E-state index in [1.54, 1.807) is 17.0 Å². The first-order chi connectivity index (χ1) is 16.6. The van der Waals surface area contributed by atoms with E-state index in [-0.39, 0.29) is 31.4 Å². The van der Waals surface area contributed by atoms with Crippen molar-refractivity contribution in [2.45, 2.75) is 31.0 Å². The van der Waals surface area contributed by atoms with Crippen LogP contribution in [0, 0.1) is 11.6 Å². The summed E-state index contributed by atoms with van der Waals surface area (Å²) in [6, 6.07) is 12.1. The topological polar surface area (TPSA) is 76.5 Å². The minimum Gasteiger partial charge on any atom is -0.490 e. The van der Waals surface area contributed by atoms with Crippen molar-refractivity contribution in [2.75, 3.05) is 57.3 Å². The molecule has 0 saturated carbocycles. The summed E-state index contributed by atoms with van der Waals surface area (Å²) < 4.78 is 32.8. The number of hydrogen-bond acceptors (Lipinski definition) is 6. The van der Waals surface area contributed by atoms with Gasteiger partial charge in [0.2, 0.25) is 5.91 Å². The molecule has 2 N–H and O–H groups in total. The van der Waals surface area contributed by atoms with Crippen LogP contribution in [0.3, 0.4) is 0 Å². The van der Waals surface area contributed by atoms with E-state index in [0.717, 1.165) is 5.69 Å². The van der Waals surface area contributed by atoms with Crippen molar-refractivity contribution in [1.82, 2.24) is 9.80 Å². The van der Waals surface area contributed by atoms with Crippen LogP contribution in [0.1, 0.15) is 19.8 Å². The summed E-state index contributed by atoms with van der Waals surface area (Å²) in [6.45, 7) is 4.03. The van der Waals surface area contributed by atoms with E-state index < -0.39 is 17.0 Å². The Morgan fingerprint density at radius 1 is 0.943 bits per heavy atom. The average Bonchev–Trinajstić information content (AvgIpc) is 2.97. The SMILES string of the molecule is CC(=O)N1CCN(CC2(O)CCN(c3cccc(F)c3)CC2)C[C@](O)(COc2cccc(F)c2)C1. The van der Waals surface area contributed by atoms with Crippen LogP contribution >= 0.6 is 0 Å². The third-order valence-electron chi connectivity index (χ3n) is 6.82. The Kier molecular flexibility index (Phi) is 7.59. The summed E-state index contributed by atoms with van der Waals surface area (Å²) in [5, 5.41) is 22.8. The summed E-state index contributed by atoms with van der Waals surface area (Å²) in [7, 11) is 0. The molecule has 0 bridgehead atoms. The molecule has 1 amide bonds. The monoisotopic (exact) mass is 489 g/mol. The Morgan fingerprint density at radius 3 is 2.29 bits per heavy atom. The lowest BCUT2D eigenvalue weighted by Crippen LogP contribution is -2.55. The number of amides is 1. The number of carbonyl (C=O) groups excluding carboxylic acids is 1. The summed E-state index contributed by atoms with van der Waals surface area (Å²) >= 11 is 0. The molecule has 7 nitrogen and oxygen atoms in total. The number of nitrogens with zero attached hydrogens (tertiary/aromatic N) is 3. The maximum absolute atomic E-state index is 13.6. The van der Waals surface area contributed by atoms with Gasteiger partial charge < -0.3 is 24.7 Å². The number of piperidine rings is 1. The molecule has 0 aliphatic carbocycles. The fourth-order valence-corrected chi connectivity index (χ4v) is 4.94. The van der Waals surface area contributed by atoms with Gasteiger partial charge in [0, 0.05) is 57.9 Å². The van der Waals surface area contributed by atoms with E-state index in [1.165, 1.54) is 37.3 Å². The lowest BCUT2D eigenvalue weighted by atomic mass is 9.90. The minimum absolute atomic E-state index is 0.0833. The summed E-state index contributed by atoms with van der Waals surface area (Å²) in [4.78, 5) is 17.7.